The van der Waals surface area contributed by atoms with Gasteiger partial charge in [0.1, 0.15) is 0 Å². The molecule has 0 radical (unpaired) electrons. The molecule has 2 aromatic rings. The summed E-state index contributed by atoms with van der Waals surface area (Å²) in [7, 11) is 0. The van der Waals surface area contributed by atoms with Crippen molar-refractivity contribution in [2.75, 3.05) is 0 Å². The molecule has 0 aromatic heterocycles. The van der Waals surface area contributed by atoms with Crippen molar-refractivity contribution in [2.45, 2.75) is 6.42 Å². The van der Waals surface area contributed by atoms with Crippen LogP contribution in [0.1, 0.15) is 17.5 Å². The van der Waals surface area contributed by atoms with Crippen molar-refractivity contribution in [3.8, 4) is 0 Å². The van der Waals surface area contributed by atoms with Crippen LogP contribution in [0.5, 0.6) is 0 Å². The van der Waals surface area contributed by atoms with E-state index in [-0.39, 0.29) is 21.7 Å². The summed E-state index contributed by atoms with van der Waals surface area (Å²) in [6, 6.07) is 20.7. The van der Waals surface area contributed by atoms with Gasteiger partial charge in [0, 0.05) is 0 Å². The molecule has 0 saturated heterocycles. The molecule has 0 amide bonds. The second-order valence-corrected chi connectivity index (χ2v) is 3.97. The normalized spacial score (nSPS) is 11.2. The number of allylic oxidation sites excluding steroid dienone is 4. The van der Waals surface area contributed by atoms with Gasteiger partial charge >= 0.3 is 21.7 Å². The first-order valence-corrected chi connectivity index (χ1v) is 6.12. The van der Waals surface area contributed by atoms with Crippen LogP contribution in [0.15, 0.2) is 78.9 Å². The predicted octanol–water partition coefficient (Wildman–Crippen LogP) is 4.59. The van der Waals surface area contributed by atoms with Gasteiger partial charge in [0.25, 0.3) is 0 Å². The molecule has 0 aliphatic heterocycles. The van der Waals surface area contributed by atoms with E-state index in [0.717, 1.165) is 6.42 Å². The number of hydrogen-bond donors (Lipinski definition) is 0. The summed E-state index contributed by atoms with van der Waals surface area (Å²) in [6.07, 6.45) is 12.2. The fourth-order valence-electron chi connectivity index (χ4n) is 1.63. The van der Waals surface area contributed by atoms with E-state index in [1.807, 2.05) is 24.3 Å². The van der Waals surface area contributed by atoms with Crippen LogP contribution in [0.25, 0.3) is 0 Å². The molecule has 0 atom stereocenters. The van der Waals surface area contributed by atoms with Crippen molar-refractivity contribution in [3.05, 3.63) is 103 Å². The van der Waals surface area contributed by atoms with Crippen molar-refractivity contribution < 1.29 is 21.7 Å². The van der Waals surface area contributed by atoms with E-state index in [1.54, 1.807) is 0 Å². The Hall–Kier alpha value is -1.50. The summed E-state index contributed by atoms with van der Waals surface area (Å²) in [5.41, 5.74) is 2.49. The van der Waals surface area contributed by atoms with E-state index in [4.69, 9.17) is 0 Å². The first-order chi connectivity index (χ1) is 8.95. The molecule has 1 aliphatic rings. The molecule has 0 saturated carbocycles. The maximum absolute atomic E-state index is 2.99. The Morgan fingerprint density at radius 2 is 1.32 bits per heavy atom. The zero-order chi connectivity index (χ0) is 12.5. The number of hydrogen-bond acceptors (Lipinski definition) is 0. The fourth-order valence-corrected chi connectivity index (χ4v) is 1.63. The third-order valence-corrected chi connectivity index (χ3v) is 2.52. The first-order valence-electron chi connectivity index (χ1n) is 6.12. The summed E-state index contributed by atoms with van der Waals surface area (Å²) in [6.45, 7) is 0. The van der Waals surface area contributed by atoms with Crippen LogP contribution in [0, 0.1) is 12.5 Å². The minimum absolute atomic E-state index is 0. The molecule has 92 valence electrons. The molecule has 1 heteroatoms. The van der Waals surface area contributed by atoms with Gasteiger partial charge in [0.15, 0.2) is 0 Å². The Labute approximate surface area is 130 Å². The smallest absolute Gasteiger partial charge is 0.273 e. The van der Waals surface area contributed by atoms with Crippen molar-refractivity contribution in [3.63, 3.8) is 0 Å². The minimum Gasteiger partial charge on any atom is -0.273 e. The van der Waals surface area contributed by atoms with E-state index < -0.39 is 0 Å². The molecule has 1 aliphatic carbocycles. The third kappa shape index (κ3) is 6.28. The molecule has 0 spiro atoms. The topological polar surface area (TPSA) is 0 Å². The molecular formula is C18H16Ti. The summed E-state index contributed by atoms with van der Waals surface area (Å²) < 4.78 is 0. The third-order valence-electron chi connectivity index (χ3n) is 2.52. The van der Waals surface area contributed by atoms with Gasteiger partial charge in [-0.2, -0.15) is 6.08 Å². The van der Waals surface area contributed by atoms with Crippen LogP contribution >= 0.6 is 0 Å². The van der Waals surface area contributed by atoms with Gasteiger partial charge in [0.2, 0.25) is 0 Å². The Balaban J connectivity index is 0.000000256. The van der Waals surface area contributed by atoms with Gasteiger partial charge in [-0.05, 0) is 0 Å². The van der Waals surface area contributed by atoms with Gasteiger partial charge < -0.3 is 0 Å². The van der Waals surface area contributed by atoms with E-state index >= 15 is 0 Å². The van der Waals surface area contributed by atoms with Crippen molar-refractivity contribution >= 4 is 0 Å². The SMILES string of the molecule is [C-]1=CC=CC1.[Ti+2].c1ccc([CH-]c2ccccc2)cc1. The predicted molar refractivity (Wildman–Crippen MR) is 77.0 cm³/mol. The van der Waals surface area contributed by atoms with Gasteiger partial charge in [-0.1, -0.05) is 36.4 Å². The first kappa shape index (κ1) is 15.6. The number of rotatable bonds is 2. The molecule has 3 rings (SSSR count). The number of benzene rings is 2. The Morgan fingerprint density at radius 3 is 1.63 bits per heavy atom. The van der Waals surface area contributed by atoms with Gasteiger partial charge in [-0.15, -0.1) is 48.2 Å². The van der Waals surface area contributed by atoms with Crippen LogP contribution in [0.4, 0.5) is 0 Å². The van der Waals surface area contributed by atoms with Crippen molar-refractivity contribution in [2.24, 2.45) is 0 Å². The zero-order valence-corrected chi connectivity index (χ0v) is 12.4. The second-order valence-electron chi connectivity index (χ2n) is 3.97. The van der Waals surface area contributed by atoms with Gasteiger partial charge in [0.05, 0.1) is 0 Å². The van der Waals surface area contributed by atoms with Crippen LogP contribution in [0.3, 0.4) is 0 Å². The summed E-state index contributed by atoms with van der Waals surface area (Å²) >= 11 is 0. The molecule has 19 heavy (non-hydrogen) atoms. The van der Waals surface area contributed by atoms with Crippen molar-refractivity contribution in [1.82, 2.24) is 0 Å². The molecule has 2 aromatic carbocycles. The van der Waals surface area contributed by atoms with Crippen LogP contribution in [-0.4, -0.2) is 0 Å². The Bertz CT molecular complexity index is 450. The maximum atomic E-state index is 2.99. The average Bonchev–Trinajstić information content (AvgIpc) is 3.00. The van der Waals surface area contributed by atoms with E-state index in [1.165, 1.54) is 11.1 Å². The van der Waals surface area contributed by atoms with E-state index in [0.29, 0.717) is 0 Å². The summed E-state index contributed by atoms with van der Waals surface area (Å²) in [5, 5.41) is 0. The molecule has 0 heterocycles. The fraction of sp³-hybridized carbons (Fsp3) is 0.0556. The second kappa shape index (κ2) is 9.44. The molecule has 0 unspecified atom stereocenters. The molecule has 0 nitrogen and oxygen atoms in total. The summed E-state index contributed by atoms with van der Waals surface area (Å²) in [5.74, 6) is 0. The molecule has 0 fully saturated rings. The Kier molecular flexibility index (Phi) is 7.73. The summed E-state index contributed by atoms with van der Waals surface area (Å²) in [4.78, 5) is 0. The van der Waals surface area contributed by atoms with Gasteiger partial charge in [-0.25, -0.2) is 12.2 Å². The Morgan fingerprint density at radius 1 is 0.789 bits per heavy atom. The maximum Gasteiger partial charge on any atom is 2.00 e. The monoisotopic (exact) mass is 280 g/mol. The van der Waals surface area contributed by atoms with E-state index in [2.05, 4.69) is 67.1 Å². The molecule has 0 bridgehead atoms. The largest absolute Gasteiger partial charge is 2.00 e. The van der Waals surface area contributed by atoms with Crippen LogP contribution in [-0.2, 0) is 21.7 Å². The quantitative estimate of drug-likeness (QED) is 0.557. The zero-order valence-electron chi connectivity index (χ0n) is 10.8. The average molecular weight is 280 g/mol. The van der Waals surface area contributed by atoms with Gasteiger partial charge in [-0.3, -0.25) is 6.08 Å². The van der Waals surface area contributed by atoms with E-state index in [9.17, 15) is 0 Å². The molecule has 0 N–H and O–H groups in total. The molecular weight excluding hydrogens is 264 g/mol. The standard InChI is InChI=1S/C13H11.C5H5.Ti/c1-3-7-12(8-4-1)11-13-9-5-2-6-10-13;1-2-4-5-3-1;/h1-11H;1-3H,4H2;/q2*-1;+2. The van der Waals surface area contributed by atoms with Crippen LogP contribution in [0.2, 0.25) is 0 Å². The van der Waals surface area contributed by atoms with Crippen LogP contribution < -0.4 is 0 Å². The van der Waals surface area contributed by atoms with Crippen molar-refractivity contribution in [1.29, 1.82) is 0 Å². The minimum atomic E-state index is 0.